The number of carbonyl (C=O) groups excluding carboxylic acids is 3. The number of nitrogens with one attached hydrogen (secondary N) is 3. The lowest BCUT2D eigenvalue weighted by Gasteiger charge is -2.17. The van der Waals surface area contributed by atoms with E-state index in [-0.39, 0.29) is 138 Å². The summed E-state index contributed by atoms with van der Waals surface area (Å²) in [5.41, 5.74) is 3.01. The Morgan fingerprint density at radius 1 is 0.417 bits per heavy atom. The number of nitrogens with zero attached hydrogens (tertiary/aromatic N) is 6. The first kappa shape index (κ1) is 77.6. The summed E-state index contributed by atoms with van der Waals surface area (Å²) in [6.45, 7) is 1.75. The predicted molar refractivity (Wildman–Crippen MR) is 371 cm³/mol. The second-order valence-electron chi connectivity index (χ2n) is 28.1. The third kappa shape index (κ3) is 17.4. The third-order valence-corrected chi connectivity index (χ3v) is 23.0. The highest BCUT2D eigenvalue weighted by Crippen LogP contribution is 2.53. The molecule has 15 rings (SSSR count). The van der Waals surface area contributed by atoms with Crippen LogP contribution in [0.3, 0.4) is 0 Å². The fourth-order valence-electron chi connectivity index (χ4n) is 13.7. The van der Waals surface area contributed by atoms with Crippen LogP contribution in [0.25, 0.3) is 0 Å². The zero-order valence-corrected chi connectivity index (χ0v) is 60.1. The van der Waals surface area contributed by atoms with Gasteiger partial charge in [-0.2, -0.15) is 0 Å². The van der Waals surface area contributed by atoms with Gasteiger partial charge in [0.05, 0.1) is 136 Å². The number of aromatic nitrogens is 3. The van der Waals surface area contributed by atoms with E-state index in [1.807, 2.05) is 0 Å². The van der Waals surface area contributed by atoms with Gasteiger partial charge >= 0.3 is 0 Å². The standard InChI is InChI=1S/3C24H23F4N3O4S/c3*1-36(33,34)21-7-12(20-3-2-6-35-20)4-5-15(21)30-16-8-13(9-19(32)14-11-24(14,27)28)29-17-10-18(23(25)26)31-22(16)17/h3*4-5,7-8,14,20,23H,2-3,6,9-11H2,1H3,(H,29,30)/t14?,20-;14-,20+;14-,20-/m101/s1. The number of pyridine rings is 3. The van der Waals surface area contributed by atoms with Crippen LogP contribution in [0, 0.1) is 17.8 Å². The molecule has 3 aromatic heterocycles. The molecule has 3 saturated heterocycles. The Bertz CT molecular complexity index is 4610. The molecule has 3 aliphatic carbocycles. The summed E-state index contributed by atoms with van der Waals surface area (Å²) in [5, 5.41) is 8.88. The van der Waals surface area contributed by atoms with Crippen molar-refractivity contribution >= 4 is 115 Å². The normalized spacial score (nSPS) is 22.4. The van der Waals surface area contributed by atoms with Gasteiger partial charge < -0.3 is 30.2 Å². The van der Waals surface area contributed by atoms with Crippen molar-refractivity contribution in [2.75, 3.05) is 54.5 Å². The van der Waals surface area contributed by atoms with Gasteiger partial charge in [0.15, 0.2) is 29.5 Å². The van der Waals surface area contributed by atoms with Gasteiger partial charge in [-0.15, -0.1) is 0 Å². The van der Waals surface area contributed by atoms with Crippen LogP contribution in [0.5, 0.6) is 0 Å². The summed E-state index contributed by atoms with van der Waals surface area (Å²) in [4.78, 5) is 61.5. The maximum Gasteiger partial charge on any atom is 0.277 e. The molecule has 6 aromatic rings. The number of halogens is 12. The number of anilines is 6. The van der Waals surface area contributed by atoms with Crippen LogP contribution >= 0.6 is 0 Å². The van der Waals surface area contributed by atoms with E-state index < -0.39 is 157 Å². The number of Topliss-reactive ketones (excluding diaryl/α,β-unsaturated/α-hetero) is 3. The van der Waals surface area contributed by atoms with Crippen LogP contribution in [0.4, 0.5) is 104 Å². The van der Waals surface area contributed by atoms with Crippen molar-refractivity contribution in [3.8, 4) is 0 Å². The molecule has 3 saturated carbocycles. The van der Waals surface area contributed by atoms with E-state index in [2.05, 4.69) is 45.9 Å². The molecule has 1 unspecified atom stereocenters. The molecule has 6 atom stereocenters. The van der Waals surface area contributed by atoms with Gasteiger partial charge in [-0.1, -0.05) is 18.2 Å². The molecule has 9 aliphatic rings. The summed E-state index contributed by atoms with van der Waals surface area (Å²) in [7, 11) is -11.1. The molecule has 0 radical (unpaired) electrons. The first-order valence-corrected chi connectivity index (χ1v) is 40.0. The number of aliphatic imine (C=N–C) groups is 3. The molecule has 576 valence electrons. The summed E-state index contributed by atoms with van der Waals surface area (Å²) in [5.74, 6) is -15.3. The monoisotopic (exact) mass is 1580 g/mol. The number of benzene rings is 3. The quantitative estimate of drug-likeness (QED) is 0.0474. The Balaban J connectivity index is 0.000000143. The minimum atomic E-state index is -3.72. The average molecular weight is 1580 g/mol. The minimum absolute atomic E-state index is 0.0210. The third-order valence-electron chi connectivity index (χ3n) is 19.6. The van der Waals surface area contributed by atoms with Crippen LogP contribution in [0.1, 0.15) is 127 Å². The molecular weight excluding hydrogens is 1510 g/mol. The molecule has 0 amide bonds. The molecule has 21 nitrogen and oxygen atoms in total. The fraction of sp³-hybridized carbons (Fsp3) is 0.458. The highest BCUT2D eigenvalue weighted by Gasteiger charge is 2.62. The number of sulfone groups is 3. The maximum absolute atomic E-state index is 13.4. The van der Waals surface area contributed by atoms with Gasteiger partial charge in [-0.05, 0) is 110 Å². The molecule has 9 heterocycles. The summed E-state index contributed by atoms with van der Waals surface area (Å²) in [6.07, 6.45) is -4.69. The second-order valence-corrected chi connectivity index (χ2v) is 34.0. The lowest BCUT2D eigenvalue weighted by Crippen LogP contribution is -2.13. The van der Waals surface area contributed by atoms with Gasteiger partial charge in [0.1, 0.15) is 34.4 Å². The van der Waals surface area contributed by atoms with Crippen molar-refractivity contribution in [3.05, 3.63) is 124 Å². The summed E-state index contributed by atoms with van der Waals surface area (Å²) >= 11 is 0. The molecule has 3 aromatic carbocycles. The Morgan fingerprint density at radius 3 is 0.870 bits per heavy atom. The Hall–Kier alpha value is -8.58. The van der Waals surface area contributed by atoms with E-state index in [9.17, 15) is 92.3 Å². The first-order valence-electron chi connectivity index (χ1n) is 34.3. The van der Waals surface area contributed by atoms with Crippen molar-refractivity contribution in [2.24, 2.45) is 32.7 Å². The van der Waals surface area contributed by atoms with E-state index in [0.29, 0.717) is 36.5 Å². The maximum atomic E-state index is 13.4. The van der Waals surface area contributed by atoms with Gasteiger partial charge in [-0.3, -0.25) is 29.3 Å². The fourth-order valence-corrected chi connectivity index (χ4v) is 16.3. The second kappa shape index (κ2) is 29.7. The zero-order chi connectivity index (χ0) is 77.5. The lowest BCUT2D eigenvalue weighted by atomic mass is 10.1. The van der Waals surface area contributed by atoms with Gasteiger partial charge in [0, 0.05) is 96.4 Å². The molecule has 0 spiro atoms. The Labute approximate surface area is 611 Å². The van der Waals surface area contributed by atoms with E-state index in [4.69, 9.17) is 14.2 Å². The molecule has 6 fully saturated rings. The van der Waals surface area contributed by atoms with Crippen molar-refractivity contribution in [1.82, 2.24) is 15.0 Å². The number of rotatable bonds is 24. The van der Waals surface area contributed by atoms with Gasteiger partial charge in [0.2, 0.25) is 0 Å². The van der Waals surface area contributed by atoms with Crippen LogP contribution in [0.15, 0.2) is 102 Å². The van der Waals surface area contributed by atoms with Crippen LogP contribution in [0.2, 0.25) is 0 Å². The Morgan fingerprint density at radius 2 is 0.667 bits per heavy atom. The van der Waals surface area contributed by atoms with E-state index in [1.54, 1.807) is 36.4 Å². The number of carbonyl (C=O) groups is 3. The molecule has 3 N–H and O–H groups in total. The molecular formula is C72H69F12N9O12S3. The van der Waals surface area contributed by atoms with Crippen molar-refractivity contribution < 1.29 is 107 Å². The number of alkyl halides is 12. The zero-order valence-electron chi connectivity index (χ0n) is 57.7. The van der Waals surface area contributed by atoms with E-state index in [1.165, 1.54) is 36.4 Å². The Kier molecular flexibility index (Phi) is 21.3. The molecule has 6 aliphatic heterocycles. The smallest absolute Gasteiger partial charge is 0.277 e. The van der Waals surface area contributed by atoms with Crippen molar-refractivity contribution in [3.63, 3.8) is 0 Å². The number of fused-ring (bicyclic) bond motifs is 3. The van der Waals surface area contributed by atoms with Gasteiger partial charge in [0.25, 0.3) is 37.0 Å². The summed E-state index contributed by atoms with van der Waals surface area (Å²) in [6, 6.07) is 18.5. The topological polar surface area (TPSA) is 293 Å². The lowest BCUT2D eigenvalue weighted by molar-refractivity contribution is -0.122. The minimum Gasteiger partial charge on any atom is -0.374 e. The van der Waals surface area contributed by atoms with Gasteiger partial charge in [-0.25, -0.2) is 92.9 Å². The number of ether oxygens (including phenoxy) is 3. The highest BCUT2D eigenvalue weighted by molar-refractivity contribution is 7.91. The largest absolute Gasteiger partial charge is 0.374 e. The highest BCUT2D eigenvalue weighted by atomic mass is 32.2. The summed E-state index contributed by atoms with van der Waals surface area (Å²) < 4.78 is 253. The van der Waals surface area contributed by atoms with Crippen molar-refractivity contribution in [2.45, 2.75) is 166 Å². The average Bonchev–Trinajstić information content (AvgIpc) is 1.65. The van der Waals surface area contributed by atoms with Crippen LogP contribution in [-0.2, 0) is 96.6 Å². The molecule has 0 bridgehead atoms. The molecule has 108 heavy (non-hydrogen) atoms. The van der Waals surface area contributed by atoms with Crippen LogP contribution in [-0.4, -0.2) is 150 Å². The number of ketones is 3. The van der Waals surface area contributed by atoms with Crippen LogP contribution < -0.4 is 16.0 Å². The number of hydrogen-bond acceptors (Lipinski definition) is 21. The molecule has 36 heteroatoms. The SMILES string of the molecule is CS(=O)(=O)c1cc([C@H]2CCCO2)ccc1Nc1cc(CC(=O)C2CC2(F)F)nc2c1N=C(C(F)F)C2.CS(=O)(=O)c1cc([C@H]2CCCO2)ccc1Nc1cc(CC(=O)[C@@H]2CC2(F)F)nc2c1N=C(C(F)F)C2.CS(=O)(=O)c1cc([C@H]2CCCO2)ccc1Nc1cc(CC(=O)[C@H]2CC2(F)F)nc2c1N=C(C(F)F)C2. The first-order chi connectivity index (χ1) is 50.8. The number of hydrogen-bond donors (Lipinski definition) is 3. The van der Waals surface area contributed by atoms with E-state index in [0.717, 1.165) is 57.3 Å². The van der Waals surface area contributed by atoms with E-state index >= 15 is 0 Å². The predicted octanol–water partition coefficient (Wildman–Crippen LogP) is 14.2. The van der Waals surface area contributed by atoms with Crippen molar-refractivity contribution in [1.29, 1.82) is 0 Å².